The maximum Gasteiger partial charge on any atom is 0.226 e. The number of benzene rings is 2. The zero-order chi connectivity index (χ0) is 20.6. The van der Waals surface area contributed by atoms with E-state index in [2.05, 4.69) is 0 Å². The average molecular weight is 459 g/mol. The molecule has 1 heterocycles. The van der Waals surface area contributed by atoms with Crippen molar-refractivity contribution in [2.45, 2.75) is 19.1 Å². The highest BCUT2D eigenvalue weighted by Crippen LogP contribution is 2.25. The molecule has 0 aliphatic carbocycles. The molecule has 0 radical (unpaired) electrons. The van der Waals surface area contributed by atoms with E-state index in [1.54, 1.807) is 47.4 Å². The lowest BCUT2D eigenvalue weighted by Gasteiger charge is -2.33. The molecule has 29 heavy (non-hydrogen) atoms. The van der Waals surface area contributed by atoms with E-state index < -0.39 is 0 Å². The Morgan fingerprint density at radius 3 is 2.55 bits per heavy atom. The van der Waals surface area contributed by atoms with Crippen molar-refractivity contribution in [1.29, 1.82) is 0 Å². The van der Waals surface area contributed by atoms with Gasteiger partial charge in [-0.2, -0.15) is 0 Å². The van der Waals surface area contributed by atoms with E-state index in [9.17, 15) is 4.79 Å². The highest BCUT2D eigenvalue weighted by atomic mass is 35.5. The molecule has 1 fully saturated rings. The second kappa shape index (κ2) is 11.0. The Balaban J connectivity index is 1.40. The first-order valence-electron chi connectivity index (χ1n) is 9.31. The Bertz CT molecular complexity index is 796. The van der Waals surface area contributed by atoms with Crippen molar-refractivity contribution in [3.8, 4) is 5.75 Å². The Kier molecular flexibility index (Phi) is 8.45. The molecule has 0 saturated carbocycles. The van der Waals surface area contributed by atoms with Crippen LogP contribution >= 0.6 is 34.8 Å². The SMILES string of the molecule is O=C(CCOc1ccc(Cl)cc1)N1CCOC(COCc2c(Cl)cccc2Cl)C1. The summed E-state index contributed by atoms with van der Waals surface area (Å²) in [6.07, 6.45) is 0.108. The second-order valence-corrected chi connectivity index (χ2v) is 7.85. The summed E-state index contributed by atoms with van der Waals surface area (Å²) >= 11 is 18.1. The van der Waals surface area contributed by atoms with E-state index in [0.717, 1.165) is 5.56 Å². The largest absolute Gasteiger partial charge is 0.493 e. The summed E-state index contributed by atoms with van der Waals surface area (Å²) in [5, 5.41) is 1.78. The van der Waals surface area contributed by atoms with Gasteiger partial charge < -0.3 is 19.1 Å². The Morgan fingerprint density at radius 2 is 1.83 bits per heavy atom. The number of morpholine rings is 1. The minimum atomic E-state index is -0.189. The van der Waals surface area contributed by atoms with Crippen LogP contribution in [0, 0.1) is 0 Å². The summed E-state index contributed by atoms with van der Waals surface area (Å²) in [6, 6.07) is 12.4. The van der Waals surface area contributed by atoms with Crippen LogP contribution in [0.1, 0.15) is 12.0 Å². The normalized spacial score (nSPS) is 16.7. The van der Waals surface area contributed by atoms with E-state index >= 15 is 0 Å². The number of carbonyl (C=O) groups is 1. The minimum absolute atomic E-state index is 0.0291. The second-order valence-electron chi connectivity index (χ2n) is 6.60. The van der Waals surface area contributed by atoms with E-state index in [-0.39, 0.29) is 12.0 Å². The van der Waals surface area contributed by atoms with Gasteiger partial charge >= 0.3 is 0 Å². The molecule has 1 atom stereocenters. The van der Waals surface area contributed by atoms with Crippen molar-refractivity contribution in [2.75, 3.05) is 32.9 Å². The first-order chi connectivity index (χ1) is 14.0. The van der Waals surface area contributed by atoms with Gasteiger partial charge in [0.25, 0.3) is 0 Å². The molecule has 1 aliphatic heterocycles. The Hall–Kier alpha value is -1.50. The number of halogens is 3. The number of hydrogen-bond donors (Lipinski definition) is 0. The van der Waals surface area contributed by atoms with Gasteiger partial charge in [0.05, 0.1) is 39.0 Å². The minimum Gasteiger partial charge on any atom is -0.493 e. The molecule has 0 bridgehead atoms. The third-order valence-corrected chi connectivity index (χ3v) is 5.46. The molecule has 2 aromatic carbocycles. The first kappa shape index (κ1) is 22.2. The topological polar surface area (TPSA) is 48.0 Å². The van der Waals surface area contributed by atoms with Crippen LogP contribution in [-0.2, 0) is 20.9 Å². The van der Waals surface area contributed by atoms with E-state index in [1.807, 2.05) is 0 Å². The van der Waals surface area contributed by atoms with Gasteiger partial charge in [-0.05, 0) is 36.4 Å². The number of carbonyl (C=O) groups excluding carboxylic acids is 1. The highest BCUT2D eigenvalue weighted by Gasteiger charge is 2.24. The number of nitrogens with zero attached hydrogens (tertiary/aromatic N) is 1. The van der Waals surface area contributed by atoms with E-state index in [1.165, 1.54) is 0 Å². The first-order valence-corrected chi connectivity index (χ1v) is 10.4. The predicted molar refractivity (Wildman–Crippen MR) is 114 cm³/mol. The quantitative estimate of drug-likeness (QED) is 0.567. The predicted octanol–water partition coefficient (Wildman–Crippen LogP) is 4.86. The van der Waals surface area contributed by atoms with Gasteiger partial charge in [-0.3, -0.25) is 4.79 Å². The van der Waals surface area contributed by atoms with Crippen LogP contribution < -0.4 is 4.74 Å². The van der Waals surface area contributed by atoms with Crippen molar-refractivity contribution < 1.29 is 19.0 Å². The van der Waals surface area contributed by atoms with Gasteiger partial charge in [-0.25, -0.2) is 0 Å². The smallest absolute Gasteiger partial charge is 0.226 e. The van der Waals surface area contributed by atoms with Gasteiger partial charge in [-0.1, -0.05) is 40.9 Å². The molecule has 1 aliphatic rings. The van der Waals surface area contributed by atoms with Crippen LogP contribution in [0.2, 0.25) is 15.1 Å². The summed E-state index contributed by atoms with van der Waals surface area (Å²) in [5.74, 6) is 0.718. The summed E-state index contributed by atoms with van der Waals surface area (Å²) < 4.78 is 17.0. The molecule has 5 nitrogen and oxygen atoms in total. The molecule has 8 heteroatoms. The molecule has 0 N–H and O–H groups in total. The fourth-order valence-electron chi connectivity index (χ4n) is 2.95. The molecule has 3 rings (SSSR count). The van der Waals surface area contributed by atoms with Crippen LogP contribution in [0.3, 0.4) is 0 Å². The maximum atomic E-state index is 12.5. The number of hydrogen-bond acceptors (Lipinski definition) is 4. The fourth-order valence-corrected chi connectivity index (χ4v) is 3.59. The Morgan fingerprint density at radius 1 is 1.10 bits per heavy atom. The summed E-state index contributed by atoms with van der Waals surface area (Å²) in [6.45, 7) is 2.48. The summed E-state index contributed by atoms with van der Waals surface area (Å²) in [5.41, 5.74) is 0.749. The molecule has 1 saturated heterocycles. The van der Waals surface area contributed by atoms with Crippen molar-refractivity contribution >= 4 is 40.7 Å². The van der Waals surface area contributed by atoms with Gasteiger partial charge in [-0.15, -0.1) is 0 Å². The number of ether oxygens (including phenoxy) is 3. The monoisotopic (exact) mass is 457 g/mol. The highest BCUT2D eigenvalue weighted by molar-refractivity contribution is 6.35. The number of amides is 1. The zero-order valence-electron chi connectivity index (χ0n) is 15.8. The lowest BCUT2D eigenvalue weighted by atomic mass is 10.2. The van der Waals surface area contributed by atoms with Crippen LogP contribution in [0.4, 0.5) is 0 Å². The third kappa shape index (κ3) is 6.76. The van der Waals surface area contributed by atoms with Gasteiger partial charge in [0.2, 0.25) is 5.91 Å². The summed E-state index contributed by atoms with van der Waals surface area (Å²) in [7, 11) is 0. The molecular weight excluding hydrogens is 437 g/mol. The third-order valence-electron chi connectivity index (χ3n) is 4.50. The number of rotatable bonds is 8. The van der Waals surface area contributed by atoms with Crippen LogP contribution in [-0.4, -0.2) is 49.8 Å². The lowest BCUT2D eigenvalue weighted by Crippen LogP contribution is -2.47. The molecule has 1 unspecified atom stereocenters. The van der Waals surface area contributed by atoms with E-state index in [0.29, 0.717) is 66.8 Å². The van der Waals surface area contributed by atoms with Gasteiger partial charge in [0.15, 0.2) is 0 Å². The van der Waals surface area contributed by atoms with Crippen molar-refractivity contribution in [3.05, 3.63) is 63.1 Å². The van der Waals surface area contributed by atoms with Crippen molar-refractivity contribution in [2.24, 2.45) is 0 Å². The Labute approximate surface area is 185 Å². The lowest BCUT2D eigenvalue weighted by molar-refractivity contribution is -0.142. The maximum absolute atomic E-state index is 12.5. The molecule has 0 aromatic heterocycles. The molecular formula is C21H22Cl3NO4. The van der Waals surface area contributed by atoms with Crippen LogP contribution in [0.25, 0.3) is 0 Å². The van der Waals surface area contributed by atoms with Gasteiger partial charge in [0.1, 0.15) is 5.75 Å². The van der Waals surface area contributed by atoms with Crippen molar-refractivity contribution in [3.63, 3.8) is 0 Å². The standard InChI is InChI=1S/C21H22Cl3NO4/c22-15-4-6-16(7-5-15)28-10-8-21(26)25-9-11-29-17(12-25)13-27-14-18-19(23)2-1-3-20(18)24/h1-7,17H,8-14H2. The zero-order valence-corrected chi connectivity index (χ0v) is 18.1. The summed E-state index contributed by atoms with van der Waals surface area (Å²) in [4.78, 5) is 14.2. The molecule has 1 amide bonds. The van der Waals surface area contributed by atoms with Crippen LogP contribution in [0.5, 0.6) is 5.75 Å². The van der Waals surface area contributed by atoms with E-state index in [4.69, 9.17) is 49.0 Å². The molecule has 0 spiro atoms. The molecule has 156 valence electrons. The average Bonchev–Trinajstić information content (AvgIpc) is 2.72. The van der Waals surface area contributed by atoms with Crippen LogP contribution in [0.15, 0.2) is 42.5 Å². The van der Waals surface area contributed by atoms with Gasteiger partial charge in [0, 0.05) is 33.7 Å². The molecule has 2 aromatic rings. The van der Waals surface area contributed by atoms with Crippen molar-refractivity contribution in [1.82, 2.24) is 4.90 Å². The fraction of sp³-hybridized carbons (Fsp3) is 0.381.